The van der Waals surface area contributed by atoms with Gasteiger partial charge in [0.25, 0.3) is 5.69 Å². The Morgan fingerprint density at radius 3 is 2.85 bits per heavy atom. The molecule has 1 heterocycles. The van der Waals surface area contributed by atoms with Crippen molar-refractivity contribution >= 4 is 23.0 Å². The van der Waals surface area contributed by atoms with E-state index in [9.17, 15) is 10.1 Å². The van der Waals surface area contributed by atoms with Gasteiger partial charge in [0, 0.05) is 24.8 Å². The van der Waals surface area contributed by atoms with Crippen LogP contribution in [0.15, 0.2) is 42.5 Å². The molecule has 1 aliphatic rings. The topological polar surface area (TPSA) is 46.4 Å². The van der Waals surface area contributed by atoms with Gasteiger partial charge in [-0.15, -0.1) is 0 Å². The molecule has 3 rings (SSSR count). The summed E-state index contributed by atoms with van der Waals surface area (Å²) in [6.45, 7) is 1.60. The molecule has 20 heavy (non-hydrogen) atoms. The highest BCUT2D eigenvalue weighted by molar-refractivity contribution is 6.32. The smallest absolute Gasteiger partial charge is 0.288 e. The van der Waals surface area contributed by atoms with Crippen molar-refractivity contribution < 1.29 is 4.92 Å². The second-order valence-electron chi connectivity index (χ2n) is 4.84. The van der Waals surface area contributed by atoms with Crippen molar-refractivity contribution in [3.8, 4) is 0 Å². The van der Waals surface area contributed by atoms with Crippen molar-refractivity contribution in [2.75, 3.05) is 11.4 Å². The lowest BCUT2D eigenvalue weighted by atomic mass is 10.1. The Balaban J connectivity index is 1.86. The van der Waals surface area contributed by atoms with Crippen LogP contribution in [0.1, 0.15) is 11.1 Å². The summed E-state index contributed by atoms with van der Waals surface area (Å²) in [6, 6.07) is 13.3. The number of anilines is 1. The number of para-hydroxylation sites is 1. The maximum absolute atomic E-state index is 10.9. The van der Waals surface area contributed by atoms with Gasteiger partial charge >= 0.3 is 0 Å². The average Bonchev–Trinajstić information content (AvgIpc) is 2.84. The number of fused-ring (bicyclic) bond motifs is 1. The van der Waals surface area contributed by atoms with E-state index in [0.717, 1.165) is 18.5 Å². The van der Waals surface area contributed by atoms with Gasteiger partial charge in [-0.2, -0.15) is 0 Å². The molecule has 0 unspecified atom stereocenters. The summed E-state index contributed by atoms with van der Waals surface area (Å²) >= 11 is 5.83. The monoisotopic (exact) mass is 288 g/mol. The SMILES string of the molecule is O=[N+]([O-])c1cc(CN2CCc3ccccc32)ccc1Cl. The van der Waals surface area contributed by atoms with Crippen LogP contribution in [-0.2, 0) is 13.0 Å². The molecule has 0 spiro atoms. The zero-order valence-corrected chi connectivity index (χ0v) is 11.5. The zero-order chi connectivity index (χ0) is 14.1. The van der Waals surface area contributed by atoms with Gasteiger partial charge in [0.15, 0.2) is 0 Å². The second kappa shape index (κ2) is 5.13. The highest BCUT2D eigenvalue weighted by atomic mass is 35.5. The standard InChI is InChI=1S/C15H13ClN2O2/c16-13-6-5-11(9-15(13)18(19)20)10-17-8-7-12-3-1-2-4-14(12)17/h1-6,9H,7-8,10H2. The summed E-state index contributed by atoms with van der Waals surface area (Å²) in [5.41, 5.74) is 3.41. The summed E-state index contributed by atoms with van der Waals surface area (Å²) in [5, 5.41) is 11.1. The molecule has 4 nitrogen and oxygen atoms in total. The number of nitro benzene ring substituents is 1. The van der Waals surface area contributed by atoms with Gasteiger partial charge in [-0.05, 0) is 29.7 Å². The predicted molar refractivity (Wildman–Crippen MR) is 79.3 cm³/mol. The Bertz CT molecular complexity index is 673. The third-order valence-corrected chi connectivity index (χ3v) is 3.88. The number of hydrogen-bond donors (Lipinski definition) is 0. The van der Waals surface area contributed by atoms with Crippen molar-refractivity contribution in [3.63, 3.8) is 0 Å². The third-order valence-electron chi connectivity index (χ3n) is 3.56. The lowest BCUT2D eigenvalue weighted by Gasteiger charge is -2.19. The van der Waals surface area contributed by atoms with Crippen molar-refractivity contribution in [3.05, 3.63) is 68.7 Å². The fourth-order valence-corrected chi connectivity index (χ4v) is 2.77. The Kier molecular flexibility index (Phi) is 3.32. The third kappa shape index (κ3) is 2.34. The molecule has 0 saturated heterocycles. The minimum Gasteiger partial charge on any atom is -0.367 e. The molecule has 0 saturated carbocycles. The molecule has 0 atom stereocenters. The van der Waals surface area contributed by atoms with E-state index in [4.69, 9.17) is 11.6 Å². The Hall–Kier alpha value is -2.07. The van der Waals surface area contributed by atoms with E-state index in [-0.39, 0.29) is 10.7 Å². The maximum atomic E-state index is 10.9. The van der Waals surface area contributed by atoms with Crippen LogP contribution in [0.3, 0.4) is 0 Å². The highest BCUT2D eigenvalue weighted by Gasteiger charge is 2.20. The minimum atomic E-state index is -0.441. The van der Waals surface area contributed by atoms with Crippen LogP contribution in [0.25, 0.3) is 0 Å². The second-order valence-corrected chi connectivity index (χ2v) is 5.25. The lowest BCUT2D eigenvalue weighted by molar-refractivity contribution is -0.384. The number of hydrogen-bond acceptors (Lipinski definition) is 3. The molecule has 0 N–H and O–H groups in total. The number of benzene rings is 2. The van der Waals surface area contributed by atoms with Gasteiger partial charge in [-0.1, -0.05) is 35.9 Å². The van der Waals surface area contributed by atoms with Crippen molar-refractivity contribution in [1.29, 1.82) is 0 Å². The quantitative estimate of drug-likeness (QED) is 0.637. The van der Waals surface area contributed by atoms with Crippen LogP contribution in [0, 0.1) is 10.1 Å². The molecule has 0 aromatic heterocycles. The van der Waals surface area contributed by atoms with E-state index in [1.807, 2.05) is 18.2 Å². The molecule has 102 valence electrons. The Labute approximate surface area is 121 Å². The van der Waals surface area contributed by atoms with E-state index < -0.39 is 4.92 Å². The summed E-state index contributed by atoms with van der Waals surface area (Å²) in [7, 11) is 0. The number of rotatable bonds is 3. The van der Waals surface area contributed by atoms with Crippen LogP contribution in [0.2, 0.25) is 5.02 Å². The van der Waals surface area contributed by atoms with Gasteiger partial charge in [0.2, 0.25) is 0 Å². The van der Waals surface area contributed by atoms with Gasteiger partial charge in [0.1, 0.15) is 5.02 Å². The maximum Gasteiger partial charge on any atom is 0.288 e. The van der Waals surface area contributed by atoms with Crippen molar-refractivity contribution in [2.24, 2.45) is 0 Å². The molecule has 0 amide bonds. The van der Waals surface area contributed by atoms with Crippen molar-refractivity contribution in [1.82, 2.24) is 0 Å². The van der Waals surface area contributed by atoms with Gasteiger partial charge in [-0.25, -0.2) is 0 Å². The lowest BCUT2D eigenvalue weighted by Crippen LogP contribution is -2.19. The number of nitrogens with zero attached hydrogens (tertiary/aromatic N) is 2. The molecule has 5 heteroatoms. The first-order chi connectivity index (χ1) is 9.65. The van der Waals surface area contributed by atoms with Gasteiger partial charge < -0.3 is 4.90 Å². The molecular weight excluding hydrogens is 276 g/mol. The normalized spacial score (nSPS) is 13.3. The van der Waals surface area contributed by atoms with Crippen LogP contribution in [0.5, 0.6) is 0 Å². The van der Waals surface area contributed by atoms with E-state index in [0.29, 0.717) is 6.54 Å². The summed E-state index contributed by atoms with van der Waals surface area (Å²) in [5.74, 6) is 0. The van der Waals surface area contributed by atoms with Crippen LogP contribution >= 0.6 is 11.6 Å². The van der Waals surface area contributed by atoms with E-state index in [2.05, 4.69) is 17.0 Å². The summed E-state index contributed by atoms with van der Waals surface area (Å²) in [6.07, 6.45) is 1.02. The molecular formula is C15H13ClN2O2. The molecule has 2 aromatic carbocycles. The van der Waals surface area contributed by atoms with E-state index >= 15 is 0 Å². The van der Waals surface area contributed by atoms with Crippen molar-refractivity contribution in [2.45, 2.75) is 13.0 Å². The summed E-state index contributed by atoms with van der Waals surface area (Å²) < 4.78 is 0. The molecule has 1 aliphatic heterocycles. The van der Waals surface area contributed by atoms with Crippen LogP contribution in [-0.4, -0.2) is 11.5 Å². The molecule has 0 aliphatic carbocycles. The van der Waals surface area contributed by atoms with E-state index in [1.54, 1.807) is 12.1 Å². The molecule has 2 aromatic rings. The van der Waals surface area contributed by atoms with Gasteiger partial charge in [-0.3, -0.25) is 10.1 Å². The number of halogens is 1. The molecule has 0 fully saturated rings. The predicted octanol–water partition coefficient (Wildman–Crippen LogP) is 3.81. The number of nitro groups is 1. The Morgan fingerprint density at radius 2 is 2.05 bits per heavy atom. The average molecular weight is 289 g/mol. The minimum absolute atomic E-state index is 0.0309. The fraction of sp³-hybridized carbons (Fsp3) is 0.200. The first kappa shape index (κ1) is 12.9. The highest BCUT2D eigenvalue weighted by Crippen LogP contribution is 2.31. The zero-order valence-electron chi connectivity index (χ0n) is 10.8. The van der Waals surface area contributed by atoms with Crippen LogP contribution in [0.4, 0.5) is 11.4 Å². The Morgan fingerprint density at radius 1 is 1.25 bits per heavy atom. The van der Waals surface area contributed by atoms with E-state index in [1.165, 1.54) is 11.3 Å². The largest absolute Gasteiger partial charge is 0.367 e. The molecule has 0 radical (unpaired) electrons. The van der Waals surface area contributed by atoms with Gasteiger partial charge in [0.05, 0.1) is 4.92 Å². The molecule has 0 bridgehead atoms. The fourth-order valence-electron chi connectivity index (χ4n) is 2.59. The van der Waals surface area contributed by atoms with Crippen LogP contribution < -0.4 is 4.90 Å². The summed E-state index contributed by atoms with van der Waals surface area (Å²) in [4.78, 5) is 12.7. The first-order valence-corrected chi connectivity index (χ1v) is 6.78. The first-order valence-electron chi connectivity index (χ1n) is 6.41.